The van der Waals surface area contributed by atoms with E-state index in [1.54, 1.807) is 0 Å². The second-order valence-corrected chi connectivity index (χ2v) is 5.81. The summed E-state index contributed by atoms with van der Waals surface area (Å²) in [5, 5.41) is 39.6. The van der Waals surface area contributed by atoms with E-state index in [9.17, 15) is 20.4 Å². The molecule has 12 N–H and O–H groups in total. The first-order valence-electron chi connectivity index (χ1n) is 7.41. The summed E-state index contributed by atoms with van der Waals surface area (Å²) in [7, 11) is 0. The molecule has 0 aromatic heterocycles. The van der Waals surface area contributed by atoms with Gasteiger partial charge in [-0.3, -0.25) is 0 Å². The third-order valence-corrected chi connectivity index (χ3v) is 4.25. The summed E-state index contributed by atoms with van der Waals surface area (Å²) in [4.78, 5) is 0. The zero-order valence-corrected chi connectivity index (χ0v) is 12.5. The maximum Gasteiger partial charge on any atom is 0.176 e. The van der Waals surface area contributed by atoms with E-state index in [1.165, 1.54) is 0 Å². The minimum Gasteiger partial charge on any atom is -0.388 e. The lowest BCUT2D eigenvalue weighted by Crippen LogP contribution is -2.68. The van der Waals surface area contributed by atoms with E-state index < -0.39 is 61.3 Å². The zero-order chi connectivity index (χ0) is 17.3. The Morgan fingerprint density at radius 1 is 0.783 bits per heavy atom. The van der Waals surface area contributed by atoms with E-state index in [-0.39, 0.29) is 13.1 Å². The van der Waals surface area contributed by atoms with E-state index >= 15 is 0 Å². The molecule has 0 aromatic carbocycles. The van der Waals surface area contributed by atoms with Gasteiger partial charge in [0.05, 0.1) is 12.1 Å². The molecule has 11 nitrogen and oxygen atoms in total. The fourth-order valence-electron chi connectivity index (χ4n) is 2.74. The maximum atomic E-state index is 10.2. The first-order valence-corrected chi connectivity index (χ1v) is 7.41. The predicted molar refractivity (Wildman–Crippen MR) is 76.5 cm³/mol. The maximum absolute atomic E-state index is 10.2. The van der Waals surface area contributed by atoms with E-state index in [2.05, 4.69) is 0 Å². The van der Waals surface area contributed by atoms with Crippen LogP contribution >= 0.6 is 0 Å². The minimum absolute atomic E-state index is 0.0566. The van der Waals surface area contributed by atoms with Crippen molar-refractivity contribution in [1.29, 1.82) is 0 Å². The quantitative estimate of drug-likeness (QED) is 0.242. The van der Waals surface area contributed by atoms with Crippen LogP contribution in [0.25, 0.3) is 0 Å². The third kappa shape index (κ3) is 3.65. The van der Waals surface area contributed by atoms with Gasteiger partial charge in [-0.1, -0.05) is 0 Å². The molecule has 11 heteroatoms. The van der Waals surface area contributed by atoms with Gasteiger partial charge >= 0.3 is 0 Å². The summed E-state index contributed by atoms with van der Waals surface area (Å²) in [6.45, 7) is -0.119. The minimum atomic E-state index is -1.39. The monoisotopic (exact) mass is 338 g/mol. The van der Waals surface area contributed by atoms with E-state index in [0.29, 0.717) is 0 Å². The number of hydrogen-bond donors (Lipinski definition) is 8. The molecule has 0 saturated carbocycles. The standard InChI is InChI=1S/C12H26N4O7/c13-1-3-7(17)8(18)6(16)12(22-3)23-10-4(2-14)21-11(20)5(15)9(10)19/h3-12,17-20H,1-2,13-16H2/t3-,4-,5-,6-,7-,8-,9-,10-,11+,12-/m1/s1. The molecule has 2 rings (SSSR count). The van der Waals surface area contributed by atoms with Crippen molar-refractivity contribution in [2.24, 2.45) is 22.9 Å². The van der Waals surface area contributed by atoms with Crippen LogP contribution in [-0.4, -0.2) is 94.8 Å². The molecule has 2 heterocycles. The molecule has 0 bridgehead atoms. The average Bonchev–Trinajstić information content (AvgIpc) is 2.55. The summed E-state index contributed by atoms with van der Waals surface area (Å²) in [5.41, 5.74) is 22.5. The van der Waals surface area contributed by atoms with Gasteiger partial charge in [0, 0.05) is 13.1 Å². The second kappa shape index (κ2) is 7.63. The van der Waals surface area contributed by atoms with Gasteiger partial charge in [0.15, 0.2) is 12.6 Å². The Kier molecular flexibility index (Phi) is 6.27. The normalized spacial score (nSPS) is 51.7. The highest BCUT2D eigenvalue weighted by molar-refractivity contribution is 4.96. The molecule has 0 aromatic rings. The van der Waals surface area contributed by atoms with Gasteiger partial charge in [-0.05, 0) is 0 Å². The molecule has 0 unspecified atom stereocenters. The van der Waals surface area contributed by atoms with Crippen LogP contribution in [0.15, 0.2) is 0 Å². The number of hydrogen-bond acceptors (Lipinski definition) is 11. The molecular weight excluding hydrogens is 312 g/mol. The van der Waals surface area contributed by atoms with E-state index in [1.807, 2.05) is 0 Å². The average molecular weight is 338 g/mol. The number of aliphatic hydroxyl groups excluding tert-OH is 4. The summed E-state index contributed by atoms with van der Waals surface area (Å²) >= 11 is 0. The van der Waals surface area contributed by atoms with Crippen LogP contribution in [0.3, 0.4) is 0 Å². The van der Waals surface area contributed by atoms with Crippen molar-refractivity contribution in [3.63, 3.8) is 0 Å². The zero-order valence-electron chi connectivity index (χ0n) is 12.5. The number of ether oxygens (including phenoxy) is 3. The van der Waals surface area contributed by atoms with Crippen molar-refractivity contribution in [3.8, 4) is 0 Å². The highest BCUT2D eigenvalue weighted by Crippen LogP contribution is 2.26. The first-order chi connectivity index (χ1) is 10.8. The fraction of sp³-hybridized carbons (Fsp3) is 1.00. The van der Waals surface area contributed by atoms with Gasteiger partial charge in [-0.25, -0.2) is 0 Å². The van der Waals surface area contributed by atoms with Crippen LogP contribution in [-0.2, 0) is 14.2 Å². The molecule has 0 aliphatic carbocycles. The van der Waals surface area contributed by atoms with Crippen molar-refractivity contribution in [2.75, 3.05) is 13.1 Å². The summed E-state index contributed by atoms with van der Waals surface area (Å²) in [6, 6.07) is -2.19. The van der Waals surface area contributed by atoms with Crippen molar-refractivity contribution in [1.82, 2.24) is 0 Å². The second-order valence-electron chi connectivity index (χ2n) is 5.81. The molecule has 2 fully saturated rings. The highest BCUT2D eigenvalue weighted by atomic mass is 16.7. The molecule has 2 saturated heterocycles. The number of aliphatic hydroxyl groups is 4. The van der Waals surface area contributed by atoms with Gasteiger partial charge < -0.3 is 57.6 Å². The van der Waals surface area contributed by atoms with Crippen molar-refractivity contribution in [3.05, 3.63) is 0 Å². The molecule has 2 aliphatic rings. The van der Waals surface area contributed by atoms with Crippen LogP contribution in [0.1, 0.15) is 0 Å². The van der Waals surface area contributed by atoms with Crippen molar-refractivity contribution < 1.29 is 34.6 Å². The number of nitrogens with two attached hydrogens (primary N) is 4. The Hall–Kier alpha value is -0.440. The molecular formula is C12H26N4O7. The van der Waals surface area contributed by atoms with Gasteiger partial charge in [-0.2, -0.15) is 0 Å². The summed E-state index contributed by atoms with van der Waals surface area (Å²) in [5.74, 6) is 0. The Balaban J connectivity index is 2.11. The Labute approximate surface area is 133 Å². The summed E-state index contributed by atoms with van der Waals surface area (Å²) in [6.07, 6.45) is -9.18. The summed E-state index contributed by atoms with van der Waals surface area (Å²) < 4.78 is 16.2. The first kappa shape index (κ1) is 18.9. The molecule has 23 heavy (non-hydrogen) atoms. The molecule has 136 valence electrons. The van der Waals surface area contributed by atoms with E-state index in [4.69, 9.17) is 37.1 Å². The fourth-order valence-corrected chi connectivity index (χ4v) is 2.74. The largest absolute Gasteiger partial charge is 0.388 e. The van der Waals surface area contributed by atoms with Gasteiger partial charge in [0.1, 0.15) is 36.6 Å². The third-order valence-electron chi connectivity index (χ3n) is 4.25. The Morgan fingerprint density at radius 2 is 1.39 bits per heavy atom. The smallest absolute Gasteiger partial charge is 0.176 e. The van der Waals surface area contributed by atoms with Crippen LogP contribution in [0.4, 0.5) is 0 Å². The predicted octanol–water partition coefficient (Wildman–Crippen LogP) is -5.53. The van der Waals surface area contributed by atoms with Gasteiger partial charge in [0.25, 0.3) is 0 Å². The van der Waals surface area contributed by atoms with E-state index in [0.717, 1.165) is 0 Å². The SMILES string of the molecule is NC[C@H]1O[C@H](O[C@H]2[C@H](O)[C@@H](N)[C@@H](O)O[C@@H]2CN)[C@H](N)[C@@H](O)[C@@H]1O. The lowest BCUT2D eigenvalue weighted by Gasteiger charge is -2.46. The molecule has 2 aliphatic heterocycles. The van der Waals surface area contributed by atoms with Crippen molar-refractivity contribution >= 4 is 0 Å². The van der Waals surface area contributed by atoms with Gasteiger partial charge in [0.2, 0.25) is 0 Å². The lowest BCUT2D eigenvalue weighted by molar-refractivity contribution is -0.316. The number of rotatable bonds is 4. The molecule has 0 spiro atoms. The molecule has 0 radical (unpaired) electrons. The topological polar surface area (TPSA) is 213 Å². The molecule has 0 amide bonds. The van der Waals surface area contributed by atoms with Crippen LogP contribution in [0.5, 0.6) is 0 Å². The molecule has 10 atom stereocenters. The van der Waals surface area contributed by atoms with Crippen LogP contribution in [0.2, 0.25) is 0 Å². The van der Waals surface area contributed by atoms with Crippen LogP contribution < -0.4 is 22.9 Å². The van der Waals surface area contributed by atoms with Crippen molar-refractivity contribution in [2.45, 2.75) is 61.3 Å². The Morgan fingerprint density at radius 3 is 1.96 bits per heavy atom. The van der Waals surface area contributed by atoms with Gasteiger partial charge in [-0.15, -0.1) is 0 Å². The highest BCUT2D eigenvalue weighted by Gasteiger charge is 2.48. The lowest BCUT2D eigenvalue weighted by atomic mass is 9.95. The van der Waals surface area contributed by atoms with Crippen LogP contribution in [0, 0.1) is 0 Å². The Bertz CT molecular complexity index is 388.